The molecule has 0 N–H and O–H groups in total. The first-order chi connectivity index (χ1) is 35.2. The average Bonchev–Trinajstić information content (AvgIpc) is 3.98. The Kier molecular flexibility index (Phi) is 12.4. The number of hydrogen-bond donors (Lipinski definition) is 0. The normalized spacial score (nSPS) is 12.9. The van der Waals surface area contributed by atoms with Crippen LogP contribution in [0.5, 0.6) is 0 Å². The summed E-state index contributed by atoms with van der Waals surface area (Å²) in [6.07, 6.45) is 1.98. The van der Waals surface area contributed by atoms with E-state index in [-0.39, 0.29) is 31.1 Å². The fourth-order valence-corrected chi connectivity index (χ4v) is 10.7. The van der Waals surface area contributed by atoms with Crippen molar-refractivity contribution < 1.29 is 30.0 Å². The summed E-state index contributed by atoms with van der Waals surface area (Å²) < 4.78 is 40.6. The molecule has 7 aromatic carbocycles. The summed E-state index contributed by atoms with van der Waals surface area (Å²) >= 11 is 0. The van der Waals surface area contributed by atoms with Crippen molar-refractivity contribution in [3.8, 4) is 61.8 Å². The van der Waals surface area contributed by atoms with Gasteiger partial charge >= 0.3 is 0 Å². The molecule has 0 saturated carbocycles. The van der Waals surface area contributed by atoms with Gasteiger partial charge in [0.05, 0.1) is 41.9 Å². The van der Waals surface area contributed by atoms with Crippen LogP contribution in [0.2, 0.25) is 19.6 Å². The first-order valence-electron chi connectivity index (χ1n) is 25.8. The third-order valence-electron chi connectivity index (χ3n) is 12.9. The number of imidazole rings is 1. The molecule has 4 heterocycles. The van der Waals surface area contributed by atoms with Gasteiger partial charge in [-0.15, -0.1) is 54.1 Å². The van der Waals surface area contributed by atoms with E-state index in [9.17, 15) is 0 Å². The molecule has 0 aliphatic rings. The van der Waals surface area contributed by atoms with Crippen LogP contribution in [-0.4, -0.2) is 27.6 Å². The predicted molar refractivity (Wildman–Crippen MR) is 296 cm³/mol. The Labute approximate surface area is 438 Å². The molecule has 0 amide bonds. The van der Waals surface area contributed by atoms with Crippen LogP contribution < -0.4 is 5.19 Å². The van der Waals surface area contributed by atoms with Crippen LogP contribution in [0.15, 0.2) is 187 Å². The van der Waals surface area contributed by atoms with E-state index in [4.69, 9.17) is 19.9 Å². The molecule has 11 aromatic rings. The summed E-state index contributed by atoms with van der Waals surface area (Å²) in [6.45, 7) is 15.4. The van der Waals surface area contributed by atoms with E-state index < -0.39 is 20.8 Å². The summed E-state index contributed by atoms with van der Waals surface area (Å²) in [4.78, 5) is 14.9. The first kappa shape index (κ1) is 44.0. The SMILES string of the molecule is [2H]C(C)(C)c1cc(-c2[c-]cccc2)ncc1[Si](C)(C)C.[2H]C([2H])([2H])c1ccc(-c2ccc3c(n2)oc2c(-c4nc5ccccc5n4-c4c(-c5ccccc5)cc(C(C)(C)C)cc4-c4ccccc4)[c-]ccc23)cc1.[Ir]. The van der Waals surface area contributed by atoms with E-state index in [2.05, 4.69) is 153 Å². The Hall–Kier alpha value is -7.02. The fraction of sp³-hybridized carbons (Fsp3) is 0.172. The maximum atomic E-state index is 8.44. The number of rotatable bonds is 8. The smallest absolute Gasteiger partial charge is 0.216 e. The van der Waals surface area contributed by atoms with Crippen molar-refractivity contribution >= 4 is 46.4 Å². The molecule has 71 heavy (non-hydrogen) atoms. The number of nitrogens with zero attached hydrogens (tertiary/aromatic N) is 4. The topological polar surface area (TPSA) is 56.7 Å². The monoisotopic (exact) mass is 1120 g/mol. The van der Waals surface area contributed by atoms with Gasteiger partial charge in [-0.3, -0.25) is 4.98 Å². The van der Waals surface area contributed by atoms with Gasteiger partial charge in [0.25, 0.3) is 0 Å². The van der Waals surface area contributed by atoms with Gasteiger partial charge in [0, 0.05) is 53.9 Å². The third kappa shape index (κ3) is 9.88. The van der Waals surface area contributed by atoms with Gasteiger partial charge in [-0.25, -0.2) is 4.98 Å². The maximum absolute atomic E-state index is 8.44. The van der Waals surface area contributed by atoms with Crippen molar-refractivity contribution in [2.45, 2.75) is 72.4 Å². The number of fused-ring (bicyclic) bond motifs is 4. The fourth-order valence-electron chi connectivity index (χ4n) is 9.16. The maximum Gasteiger partial charge on any atom is 0.216 e. The van der Waals surface area contributed by atoms with Crippen molar-refractivity contribution in [1.82, 2.24) is 19.5 Å². The number of aryl methyl sites for hydroxylation is 1. The van der Waals surface area contributed by atoms with E-state index in [0.717, 1.165) is 77.7 Å². The van der Waals surface area contributed by atoms with Crippen molar-refractivity contribution in [3.63, 3.8) is 0 Å². The zero-order chi connectivity index (χ0) is 52.2. The van der Waals surface area contributed by atoms with Gasteiger partial charge in [0.15, 0.2) is 0 Å². The van der Waals surface area contributed by atoms with E-state index in [0.29, 0.717) is 22.8 Å². The molecule has 0 bridgehead atoms. The number of para-hydroxylation sites is 2. The van der Waals surface area contributed by atoms with E-state index in [1.165, 1.54) is 10.8 Å². The molecule has 0 aliphatic carbocycles. The van der Waals surface area contributed by atoms with Gasteiger partial charge in [-0.1, -0.05) is 179 Å². The molecule has 355 valence electrons. The number of furan rings is 1. The van der Waals surface area contributed by atoms with Crippen LogP contribution in [0, 0.1) is 19.0 Å². The minimum absolute atomic E-state index is 0. The van der Waals surface area contributed by atoms with Gasteiger partial charge in [0.1, 0.15) is 0 Å². The second-order valence-corrected chi connectivity index (χ2v) is 25.2. The molecular weight excluding hydrogens is 1060 g/mol. The van der Waals surface area contributed by atoms with Crippen LogP contribution in [-0.2, 0) is 25.5 Å². The molecule has 0 atom stereocenters. The number of aromatic nitrogens is 4. The molecule has 0 unspecified atom stereocenters. The summed E-state index contributed by atoms with van der Waals surface area (Å²) in [5.74, 6) is 0.0986. The number of pyridine rings is 2. The zero-order valence-electron chi connectivity index (χ0n) is 45.4. The minimum atomic E-state index is -2.17. The van der Waals surface area contributed by atoms with E-state index in [1.54, 1.807) is 24.3 Å². The minimum Gasteiger partial charge on any atom is -0.486 e. The standard InChI is InChI=1S/C47H36N3O.C17H22NSi.Ir/c1-30-22-24-33(25-23-30)40-27-26-36-35-18-13-19-37(44(35)51-46(36)49-40)45-48-41-20-11-12-21-42(41)50(45)43-38(31-14-7-5-8-15-31)28-34(47(2,3)4)29-39(43)32-16-9-6-10-17-32;1-13(2)15-11-16(14-9-7-6-8-10-14)18-12-17(15)19(3,4)5;/h5-18,20-29H,1-4H3;6-9,11-13H,1-5H3;/q2*-1;/i1D3;13D;. The second kappa shape index (κ2) is 20.0. The van der Waals surface area contributed by atoms with Crippen LogP contribution >= 0.6 is 0 Å². The van der Waals surface area contributed by atoms with Gasteiger partial charge < -0.3 is 14.0 Å². The van der Waals surface area contributed by atoms with Crippen LogP contribution in [0.25, 0.3) is 94.9 Å². The second-order valence-electron chi connectivity index (χ2n) is 20.1. The molecule has 0 saturated heterocycles. The molecule has 4 aromatic heterocycles. The third-order valence-corrected chi connectivity index (χ3v) is 14.9. The zero-order valence-corrected chi connectivity index (χ0v) is 44.7. The quantitative estimate of drug-likeness (QED) is 0.112. The van der Waals surface area contributed by atoms with Gasteiger partial charge in [-0.2, -0.15) is 0 Å². The van der Waals surface area contributed by atoms with Gasteiger partial charge in [0.2, 0.25) is 5.71 Å². The Bertz CT molecular complexity index is 3760. The molecule has 0 fully saturated rings. The molecule has 7 heteroatoms. The Morgan fingerprint density at radius 2 is 1.32 bits per heavy atom. The molecular formula is C64H58IrN4OSi-2. The van der Waals surface area contributed by atoms with Crippen LogP contribution in [0.3, 0.4) is 0 Å². The number of benzene rings is 7. The van der Waals surface area contributed by atoms with Gasteiger partial charge in [-0.05, 0) is 82.1 Å². The van der Waals surface area contributed by atoms with E-state index in [1.807, 2.05) is 80.7 Å². The van der Waals surface area contributed by atoms with E-state index >= 15 is 0 Å². The largest absolute Gasteiger partial charge is 0.486 e. The summed E-state index contributed by atoms with van der Waals surface area (Å²) in [7, 11) is -1.50. The Morgan fingerprint density at radius 1 is 0.662 bits per heavy atom. The first-order valence-corrected chi connectivity index (χ1v) is 27.3. The molecule has 0 spiro atoms. The summed E-state index contributed by atoms with van der Waals surface area (Å²) in [5.41, 5.74) is 15.0. The van der Waals surface area contributed by atoms with Crippen molar-refractivity contribution in [3.05, 3.63) is 211 Å². The average molecular weight is 1120 g/mol. The predicted octanol–water partition coefficient (Wildman–Crippen LogP) is 16.6. The number of hydrogen-bond acceptors (Lipinski definition) is 4. The molecule has 1 radical (unpaired) electrons. The van der Waals surface area contributed by atoms with Crippen molar-refractivity contribution in [2.75, 3.05) is 0 Å². The molecule has 11 rings (SSSR count). The van der Waals surface area contributed by atoms with Crippen LogP contribution in [0.1, 0.15) is 62.7 Å². The summed E-state index contributed by atoms with van der Waals surface area (Å²) in [5, 5.41) is 3.05. The Balaban J connectivity index is 0.000000277. The molecule has 0 aliphatic heterocycles. The summed E-state index contributed by atoms with van der Waals surface area (Å²) in [6, 6.07) is 65.4. The Morgan fingerprint density at radius 3 is 1.94 bits per heavy atom. The van der Waals surface area contributed by atoms with Crippen molar-refractivity contribution in [1.29, 1.82) is 0 Å². The van der Waals surface area contributed by atoms with Crippen LogP contribution in [0.4, 0.5) is 0 Å². The molecule has 5 nitrogen and oxygen atoms in total. The van der Waals surface area contributed by atoms with Crippen molar-refractivity contribution in [2.24, 2.45) is 0 Å².